The highest BCUT2D eigenvalue weighted by Crippen LogP contribution is 2.37. The molecule has 2 fully saturated rings. The number of nitrogens with one attached hydrogen (secondary N) is 2. The molecule has 9 nitrogen and oxygen atoms in total. The van der Waals surface area contributed by atoms with E-state index in [1.165, 1.54) is 0 Å². The van der Waals surface area contributed by atoms with Crippen LogP contribution in [0.4, 0.5) is 4.79 Å². The molecule has 31 heavy (non-hydrogen) atoms. The summed E-state index contributed by atoms with van der Waals surface area (Å²) < 4.78 is 12.0. The van der Waals surface area contributed by atoms with Gasteiger partial charge in [0, 0.05) is 31.5 Å². The molecule has 9 heteroatoms. The smallest absolute Gasteiger partial charge is 0.322 e. The molecule has 2 N–H and O–H groups in total. The lowest BCUT2D eigenvalue weighted by Crippen LogP contribution is -2.54. The summed E-state index contributed by atoms with van der Waals surface area (Å²) in [5.74, 6) is 0.901. The number of amides is 4. The highest BCUT2D eigenvalue weighted by molar-refractivity contribution is 5.98. The van der Waals surface area contributed by atoms with E-state index in [9.17, 15) is 14.4 Å². The minimum Gasteiger partial charge on any atom is -0.497 e. The van der Waals surface area contributed by atoms with E-state index >= 15 is 0 Å². The first-order valence-corrected chi connectivity index (χ1v) is 10.8. The van der Waals surface area contributed by atoms with Crippen LogP contribution in [-0.4, -0.2) is 73.1 Å². The number of imide groups is 1. The number of hydrogen-bond donors (Lipinski definition) is 2. The number of ether oxygens (including phenoxy) is 2. The molecule has 0 bridgehead atoms. The number of methoxy groups -OCH3 is 1. The normalized spacial score (nSPS) is 27.2. The molecule has 0 saturated carbocycles. The van der Waals surface area contributed by atoms with Gasteiger partial charge in [0.15, 0.2) is 0 Å². The lowest BCUT2D eigenvalue weighted by molar-refractivity contribution is -0.136. The van der Waals surface area contributed by atoms with Gasteiger partial charge in [0.2, 0.25) is 11.8 Å². The fraction of sp³-hybridized carbons (Fsp3) is 0.591. The molecule has 1 aromatic carbocycles. The van der Waals surface area contributed by atoms with Gasteiger partial charge in [0.05, 0.1) is 13.7 Å². The SMILES string of the molecule is COc1ccc2c(c1)CN(C(=O)C1CCC(=O)NC(=O)N1)CC1(CCCN(C)CC1)O2. The molecule has 2 unspecified atom stereocenters. The van der Waals surface area contributed by atoms with Crippen LogP contribution in [0.1, 0.15) is 37.7 Å². The molecule has 168 valence electrons. The summed E-state index contributed by atoms with van der Waals surface area (Å²) in [5, 5.41) is 4.88. The average Bonchev–Trinajstić information content (AvgIpc) is 3.11. The van der Waals surface area contributed by atoms with E-state index in [1.807, 2.05) is 18.2 Å². The van der Waals surface area contributed by atoms with Crippen molar-refractivity contribution in [2.75, 3.05) is 33.8 Å². The number of carbonyl (C=O) groups excluding carboxylic acids is 3. The van der Waals surface area contributed by atoms with Crippen molar-refractivity contribution < 1.29 is 23.9 Å². The summed E-state index contributed by atoms with van der Waals surface area (Å²) >= 11 is 0. The Morgan fingerprint density at radius 1 is 1.26 bits per heavy atom. The van der Waals surface area contributed by atoms with Gasteiger partial charge in [-0.25, -0.2) is 4.79 Å². The minimum absolute atomic E-state index is 0.125. The maximum atomic E-state index is 13.5. The largest absolute Gasteiger partial charge is 0.497 e. The van der Waals surface area contributed by atoms with Crippen LogP contribution in [-0.2, 0) is 16.1 Å². The van der Waals surface area contributed by atoms with E-state index in [0.717, 1.165) is 43.7 Å². The number of fused-ring (bicyclic) bond motifs is 1. The fourth-order valence-corrected chi connectivity index (χ4v) is 4.64. The highest BCUT2D eigenvalue weighted by atomic mass is 16.5. The predicted molar refractivity (Wildman–Crippen MR) is 113 cm³/mol. The van der Waals surface area contributed by atoms with Gasteiger partial charge in [-0.2, -0.15) is 0 Å². The van der Waals surface area contributed by atoms with E-state index in [4.69, 9.17) is 9.47 Å². The first-order valence-electron chi connectivity index (χ1n) is 10.8. The Morgan fingerprint density at radius 3 is 2.90 bits per heavy atom. The summed E-state index contributed by atoms with van der Waals surface area (Å²) in [7, 11) is 3.71. The third-order valence-corrected chi connectivity index (χ3v) is 6.38. The standard InChI is InChI=1S/C22H30N4O5/c1-25-10-3-8-22(9-11-25)14-26(13-15-12-16(30-2)4-6-18(15)31-22)20(28)17-5-7-19(27)24-21(29)23-17/h4,6,12,17H,3,5,7-11,13-14H2,1-2H3,(H2,23,24,27,29). The van der Waals surface area contributed by atoms with E-state index in [1.54, 1.807) is 12.0 Å². The average molecular weight is 431 g/mol. The van der Waals surface area contributed by atoms with Gasteiger partial charge < -0.3 is 24.6 Å². The summed E-state index contributed by atoms with van der Waals surface area (Å²) in [6.45, 7) is 2.66. The van der Waals surface area contributed by atoms with Crippen molar-refractivity contribution in [2.24, 2.45) is 0 Å². The Labute approximate surface area is 182 Å². The van der Waals surface area contributed by atoms with Gasteiger partial charge in [0.1, 0.15) is 23.1 Å². The van der Waals surface area contributed by atoms with Crippen LogP contribution in [0.5, 0.6) is 11.5 Å². The monoisotopic (exact) mass is 430 g/mol. The predicted octanol–water partition coefficient (Wildman–Crippen LogP) is 1.26. The van der Waals surface area contributed by atoms with Crippen molar-refractivity contribution in [1.29, 1.82) is 0 Å². The maximum Gasteiger partial charge on any atom is 0.322 e. The van der Waals surface area contributed by atoms with E-state index in [2.05, 4.69) is 22.6 Å². The maximum absolute atomic E-state index is 13.5. The number of hydrogen-bond acceptors (Lipinski definition) is 6. The lowest BCUT2D eigenvalue weighted by Gasteiger charge is -2.36. The van der Waals surface area contributed by atoms with Crippen molar-refractivity contribution >= 4 is 17.8 Å². The van der Waals surface area contributed by atoms with E-state index in [0.29, 0.717) is 18.8 Å². The van der Waals surface area contributed by atoms with Crippen molar-refractivity contribution in [3.8, 4) is 11.5 Å². The second-order valence-corrected chi connectivity index (χ2v) is 8.72. The molecule has 2 saturated heterocycles. The van der Waals surface area contributed by atoms with E-state index in [-0.39, 0.29) is 24.7 Å². The highest BCUT2D eigenvalue weighted by Gasteiger charge is 2.42. The topological polar surface area (TPSA) is 100 Å². The van der Waals surface area contributed by atoms with Crippen LogP contribution in [0.15, 0.2) is 18.2 Å². The third-order valence-electron chi connectivity index (χ3n) is 6.38. The molecule has 4 rings (SSSR count). The van der Waals surface area contributed by atoms with Crippen molar-refractivity contribution in [3.05, 3.63) is 23.8 Å². The Bertz CT molecular complexity index is 875. The summed E-state index contributed by atoms with van der Waals surface area (Å²) in [6, 6.07) is 4.31. The van der Waals surface area contributed by atoms with Gasteiger partial charge in [-0.05, 0) is 51.1 Å². The number of likely N-dealkylation sites (tertiary alicyclic amines) is 1. The first-order chi connectivity index (χ1) is 14.9. The van der Waals surface area contributed by atoms with Gasteiger partial charge in [-0.15, -0.1) is 0 Å². The fourth-order valence-electron chi connectivity index (χ4n) is 4.64. The molecule has 2 atom stereocenters. The number of carbonyl (C=O) groups is 3. The van der Waals surface area contributed by atoms with Gasteiger partial charge in [-0.3, -0.25) is 14.9 Å². The molecule has 0 aliphatic carbocycles. The molecule has 0 radical (unpaired) electrons. The third kappa shape index (κ3) is 4.76. The van der Waals surface area contributed by atoms with Crippen LogP contribution >= 0.6 is 0 Å². The molecule has 1 spiro atoms. The second-order valence-electron chi connectivity index (χ2n) is 8.72. The zero-order chi connectivity index (χ0) is 22.0. The molecule has 3 aliphatic rings. The Kier molecular flexibility index (Phi) is 6.04. The van der Waals surface area contributed by atoms with Crippen molar-refractivity contribution in [3.63, 3.8) is 0 Å². The Hall–Kier alpha value is -2.81. The van der Waals surface area contributed by atoms with Gasteiger partial charge >= 0.3 is 6.03 Å². The zero-order valence-corrected chi connectivity index (χ0v) is 18.1. The quantitative estimate of drug-likeness (QED) is 0.733. The number of rotatable bonds is 2. The Balaban J connectivity index is 1.66. The summed E-state index contributed by atoms with van der Waals surface area (Å²) in [5.41, 5.74) is 0.375. The van der Waals surface area contributed by atoms with Gasteiger partial charge in [-0.1, -0.05) is 0 Å². The van der Waals surface area contributed by atoms with Crippen LogP contribution in [0.3, 0.4) is 0 Å². The molecule has 0 aromatic heterocycles. The van der Waals surface area contributed by atoms with Crippen LogP contribution in [0, 0.1) is 0 Å². The van der Waals surface area contributed by atoms with Crippen LogP contribution < -0.4 is 20.1 Å². The summed E-state index contributed by atoms with van der Waals surface area (Å²) in [4.78, 5) is 41.2. The lowest BCUT2D eigenvalue weighted by atomic mass is 9.93. The zero-order valence-electron chi connectivity index (χ0n) is 18.1. The minimum atomic E-state index is -0.746. The van der Waals surface area contributed by atoms with Gasteiger partial charge in [0.25, 0.3) is 0 Å². The van der Waals surface area contributed by atoms with Crippen molar-refractivity contribution in [1.82, 2.24) is 20.4 Å². The number of nitrogens with zero attached hydrogens (tertiary/aromatic N) is 2. The molecule has 3 aliphatic heterocycles. The molecule has 4 amide bonds. The molecular formula is C22H30N4O5. The van der Waals surface area contributed by atoms with Crippen molar-refractivity contribution in [2.45, 2.75) is 50.3 Å². The Morgan fingerprint density at radius 2 is 2.10 bits per heavy atom. The number of urea groups is 1. The van der Waals surface area contributed by atoms with Crippen LogP contribution in [0.25, 0.3) is 0 Å². The first kappa shape index (κ1) is 21.4. The summed E-state index contributed by atoms with van der Waals surface area (Å²) in [6.07, 6.45) is 3.01. The molecule has 3 heterocycles. The molecule has 1 aromatic rings. The second kappa shape index (κ2) is 8.74. The molecular weight excluding hydrogens is 400 g/mol. The number of benzene rings is 1. The van der Waals surface area contributed by atoms with E-state index < -0.39 is 17.7 Å². The van der Waals surface area contributed by atoms with Crippen LogP contribution in [0.2, 0.25) is 0 Å².